The Kier molecular flexibility index (Phi) is 15.9. The van der Waals surface area contributed by atoms with Crippen molar-refractivity contribution in [2.45, 2.75) is 140 Å². The minimum Gasteiger partial charge on any atom is -0.356 e. The second-order valence-electron chi connectivity index (χ2n) is 18.3. The van der Waals surface area contributed by atoms with E-state index >= 15 is 4.79 Å². The van der Waals surface area contributed by atoms with Crippen molar-refractivity contribution in [1.82, 2.24) is 9.80 Å². The summed E-state index contributed by atoms with van der Waals surface area (Å²) < 4.78 is 26.6. The van der Waals surface area contributed by atoms with Gasteiger partial charge in [0.15, 0.2) is 0 Å². The van der Waals surface area contributed by atoms with Gasteiger partial charge in [-0.3, -0.25) is 0 Å². The maximum absolute atomic E-state index is 15.5. The molecule has 2 amide bonds. The SMILES string of the molecule is C[Si](C)(C)CCOCO[C@@H]1[C@@H](OCOCC[Si](C)(C)C)[C@@H](Cc2ccccc2)N(CC2CCCC2)C(=O)N(CC2CCCC2)[C@@H]1Cc1ccccc1. The van der Waals surface area contributed by atoms with Gasteiger partial charge >= 0.3 is 6.03 Å². The van der Waals surface area contributed by atoms with Crippen LogP contribution in [-0.2, 0) is 31.8 Å². The molecule has 0 radical (unpaired) electrons. The number of carbonyl (C=O) groups excluding carboxylic acids is 1. The van der Waals surface area contributed by atoms with E-state index < -0.39 is 28.4 Å². The van der Waals surface area contributed by atoms with Gasteiger partial charge in [0.25, 0.3) is 0 Å². The molecule has 0 spiro atoms. The van der Waals surface area contributed by atoms with Crippen LogP contribution < -0.4 is 0 Å². The molecule has 3 aliphatic rings. The van der Waals surface area contributed by atoms with Gasteiger partial charge in [0.2, 0.25) is 0 Å². The van der Waals surface area contributed by atoms with Crippen LogP contribution in [0.2, 0.25) is 51.4 Å². The first kappa shape index (κ1) is 41.2. The smallest absolute Gasteiger partial charge is 0.320 e. The Balaban J connectivity index is 1.56. The van der Waals surface area contributed by atoms with E-state index in [0.29, 0.717) is 37.9 Å². The van der Waals surface area contributed by atoms with Gasteiger partial charge in [-0.2, -0.15) is 0 Å². The molecule has 7 nitrogen and oxygen atoms in total. The molecule has 0 N–H and O–H groups in total. The molecule has 2 aromatic rings. The Labute approximate surface area is 318 Å². The van der Waals surface area contributed by atoms with Crippen molar-refractivity contribution in [1.29, 1.82) is 0 Å². The molecule has 3 fully saturated rings. The summed E-state index contributed by atoms with van der Waals surface area (Å²) in [5.41, 5.74) is 2.41. The van der Waals surface area contributed by atoms with Crippen LogP contribution in [-0.4, -0.2) is 96.2 Å². The van der Waals surface area contributed by atoms with Crippen LogP contribution in [0.4, 0.5) is 4.79 Å². The first-order chi connectivity index (χ1) is 25.0. The summed E-state index contributed by atoms with van der Waals surface area (Å²) in [6.07, 6.45) is 10.3. The van der Waals surface area contributed by atoms with Crippen molar-refractivity contribution in [3.63, 3.8) is 0 Å². The predicted octanol–water partition coefficient (Wildman–Crippen LogP) is 9.72. The average molecular weight is 751 g/mol. The lowest BCUT2D eigenvalue weighted by Gasteiger charge is -2.38. The van der Waals surface area contributed by atoms with Gasteiger partial charge in [0, 0.05) is 42.5 Å². The highest BCUT2D eigenvalue weighted by molar-refractivity contribution is 6.76. The Morgan fingerprint density at radius 2 is 0.942 bits per heavy atom. The fourth-order valence-electron chi connectivity index (χ4n) is 8.31. The second kappa shape index (κ2) is 20.1. The van der Waals surface area contributed by atoms with Crippen LogP contribution in [0.5, 0.6) is 0 Å². The first-order valence-corrected chi connectivity index (χ1v) is 27.9. The van der Waals surface area contributed by atoms with Crippen LogP contribution in [0.25, 0.3) is 0 Å². The molecule has 52 heavy (non-hydrogen) atoms. The quantitative estimate of drug-likeness (QED) is 0.0767. The van der Waals surface area contributed by atoms with E-state index in [1.54, 1.807) is 0 Å². The number of carbonyl (C=O) groups is 1. The molecule has 5 rings (SSSR count). The molecule has 290 valence electrons. The van der Waals surface area contributed by atoms with E-state index in [-0.39, 0.29) is 31.7 Å². The monoisotopic (exact) mass is 750 g/mol. The molecule has 4 atom stereocenters. The van der Waals surface area contributed by atoms with Gasteiger partial charge in [0.05, 0.1) is 12.1 Å². The summed E-state index contributed by atoms with van der Waals surface area (Å²) in [7, 11) is -2.55. The number of urea groups is 1. The molecule has 2 saturated carbocycles. The predicted molar refractivity (Wildman–Crippen MR) is 218 cm³/mol. The topological polar surface area (TPSA) is 60.5 Å². The van der Waals surface area contributed by atoms with Crippen molar-refractivity contribution < 1.29 is 23.7 Å². The van der Waals surface area contributed by atoms with Crippen molar-refractivity contribution >= 4 is 22.2 Å². The largest absolute Gasteiger partial charge is 0.356 e. The van der Waals surface area contributed by atoms with E-state index in [2.05, 4.69) is 110 Å². The Bertz CT molecular complexity index is 1210. The minimum atomic E-state index is -1.27. The van der Waals surface area contributed by atoms with Gasteiger partial charge in [0.1, 0.15) is 25.8 Å². The number of ether oxygens (including phenoxy) is 4. The molecule has 2 aromatic carbocycles. The summed E-state index contributed by atoms with van der Waals surface area (Å²) in [4.78, 5) is 19.9. The lowest BCUT2D eigenvalue weighted by molar-refractivity contribution is -0.188. The maximum atomic E-state index is 15.5. The summed E-state index contributed by atoms with van der Waals surface area (Å²) in [6.45, 7) is 17.5. The molecule has 1 aliphatic heterocycles. The molecule has 1 saturated heterocycles. The lowest BCUT2D eigenvalue weighted by Crippen LogP contribution is -2.54. The third kappa shape index (κ3) is 13.1. The fraction of sp³-hybridized carbons (Fsp3) is 0.698. The van der Waals surface area contributed by atoms with E-state index in [4.69, 9.17) is 18.9 Å². The van der Waals surface area contributed by atoms with Gasteiger partial charge in [-0.05, 0) is 73.6 Å². The molecule has 0 unspecified atom stereocenters. The summed E-state index contributed by atoms with van der Waals surface area (Å²) in [5.74, 6) is 0.998. The number of hydrogen-bond donors (Lipinski definition) is 0. The normalized spacial score (nSPS) is 23.8. The van der Waals surface area contributed by atoms with Crippen LogP contribution in [0.15, 0.2) is 60.7 Å². The summed E-state index contributed by atoms with van der Waals surface area (Å²) in [6, 6.07) is 23.2. The van der Waals surface area contributed by atoms with E-state index in [9.17, 15) is 0 Å². The van der Waals surface area contributed by atoms with Crippen molar-refractivity contribution in [3.8, 4) is 0 Å². The molecule has 0 bridgehead atoms. The van der Waals surface area contributed by atoms with E-state index in [1.807, 2.05) is 0 Å². The van der Waals surface area contributed by atoms with E-state index in [1.165, 1.54) is 62.5 Å². The second-order valence-corrected chi connectivity index (χ2v) is 29.6. The van der Waals surface area contributed by atoms with Gasteiger partial charge < -0.3 is 28.7 Å². The minimum absolute atomic E-state index is 0.152. The standard InChI is InChI=1S/C43H70N2O5Si2/c1-51(2,3)27-25-47-33-49-41-39(29-35-17-9-7-10-18-35)44(31-37-21-13-14-22-37)43(46)45(32-38-23-15-16-24-38)40(30-36-19-11-8-12-20-36)42(41)50-34-48-26-28-52(4,5)6/h7-12,17-20,37-42H,13-16,21-34H2,1-6H3/t39-,40-,41+,42+/m1/s1. The van der Waals surface area contributed by atoms with Crippen molar-refractivity contribution in [2.75, 3.05) is 39.9 Å². The number of benzene rings is 2. The number of nitrogens with zero attached hydrogens (tertiary/aromatic N) is 2. The number of rotatable bonds is 20. The Morgan fingerprint density at radius 3 is 1.29 bits per heavy atom. The van der Waals surface area contributed by atoms with Crippen LogP contribution in [0.1, 0.15) is 62.5 Å². The maximum Gasteiger partial charge on any atom is 0.320 e. The highest BCUT2D eigenvalue weighted by Crippen LogP contribution is 2.36. The molecular weight excluding hydrogens is 681 g/mol. The summed E-state index contributed by atoms with van der Waals surface area (Å²) >= 11 is 0. The molecule has 9 heteroatoms. The molecular formula is C43H70N2O5Si2. The molecule has 2 aliphatic carbocycles. The van der Waals surface area contributed by atoms with Crippen molar-refractivity contribution in [3.05, 3.63) is 71.8 Å². The highest BCUT2D eigenvalue weighted by atomic mass is 28.3. The highest BCUT2D eigenvalue weighted by Gasteiger charge is 2.50. The fourth-order valence-corrected chi connectivity index (χ4v) is 9.83. The van der Waals surface area contributed by atoms with Crippen LogP contribution in [0, 0.1) is 11.8 Å². The third-order valence-electron chi connectivity index (χ3n) is 11.5. The number of amides is 2. The number of hydrogen-bond acceptors (Lipinski definition) is 5. The van der Waals surface area contributed by atoms with Crippen LogP contribution in [0.3, 0.4) is 0 Å². The Morgan fingerprint density at radius 1 is 0.577 bits per heavy atom. The third-order valence-corrected chi connectivity index (χ3v) is 14.9. The van der Waals surface area contributed by atoms with Crippen molar-refractivity contribution in [2.24, 2.45) is 11.8 Å². The molecule has 0 aromatic heterocycles. The average Bonchev–Trinajstić information content (AvgIpc) is 3.82. The Hall–Kier alpha value is -2.02. The zero-order chi connectivity index (χ0) is 37.0. The van der Waals surface area contributed by atoms with Crippen LogP contribution >= 0.6 is 0 Å². The lowest BCUT2D eigenvalue weighted by atomic mass is 9.90. The van der Waals surface area contributed by atoms with Gasteiger partial charge in [-0.1, -0.05) is 126 Å². The zero-order valence-corrected chi connectivity index (χ0v) is 35.4. The zero-order valence-electron chi connectivity index (χ0n) is 33.4. The van der Waals surface area contributed by atoms with Gasteiger partial charge in [-0.15, -0.1) is 0 Å². The van der Waals surface area contributed by atoms with E-state index in [0.717, 1.165) is 25.2 Å². The summed E-state index contributed by atoms with van der Waals surface area (Å²) in [5, 5.41) is 0. The first-order valence-electron chi connectivity index (χ1n) is 20.5. The van der Waals surface area contributed by atoms with Gasteiger partial charge in [-0.25, -0.2) is 4.79 Å². The molecule has 1 heterocycles.